The molecule has 2 aromatic rings. The van der Waals surface area contributed by atoms with Gasteiger partial charge in [-0.2, -0.15) is 5.26 Å². The van der Waals surface area contributed by atoms with E-state index in [-0.39, 0.29) is 5.56 Å². The molecule has 4 heteroatoms. The van der Waals surface area contributed by atoms with Gasteiger partial charge in [-0.15, -0.1) is 0 Å². The van der Waals surface area contributed by atoms with Gasteiger partial charge in [0.15, 0.2) is 0 Å². The Morgan fingerprint density at radius 3 is 2.93 bits per heavy atom. The average Bonchev–Trinajstić information content (AvgIpc) is 2.74. The van der Waals surface area contributed by atoms with Gasteiger partial charge in [-0.1, -0.05) is 6.07 Å². The van der Waals surface area contributed by atoms with Crippen molar-refractivity contribution in [3.63, 3.8) is 0 Å². The molecule has 15 heavy (non-hydrogen) atoms. The summed E-state index contributed by atoms with van der Waals surface area (Å²) in [4.78, 5) is 14.3. The van der Waals surface area contributed by atoms with E-state index in [1.165, 1.54) is 7.11 Å². The third-order valence-electron chi connectivity index (χ3n) is 2.25. The van der Waals surface area contributed by atoms with Crippen LogP contribution in [0.3, 0.4) is 0 Å². The number of ether oxygens (including phenoxy) is 1. The van der Waals surface area contributed by atoms with Gasteiger partial charge < -0.3 is 9.72 Å². The largest absolute Gasteiger partial charge is 0.465 e. The van der Waals surface area contributed by atoms with E-state index in [1.807, 2.05) is 12.1 Å². The van der Waals surface area contributed by atoms with Crippen LogP contribution in [-0.2, 0) is 4.74 Å². The van der Waals surface area contributed by atoms with Crippen LogP contribution in [0, 0.1) is 11.3 Å². The SMILES string of the molecule is COC(=O)c1ccc2cc[nH]c2c1C#N. The van der Waals surface area contributed by atoms with E-state index in [0.717, 1.165) is 5.39 Å². The van der Waals surface area contributed by atoms with Gasteiger partial charge in [0.1, 0.15) is 6.07 Å². The molecule has 0 saturated heterocycles. The fourth-order valence-corrected chi connectivity index (χ4v) is 1.52. The molecule has 0 fully saturated rings. The van der Waals surface area contributed by atoms with Crippen molar-refractivity contribution in [3.05, 3.63) is 35.5 Å². The zero-order valence-corrected chi connectivity index (χ0v) is 8.07. The maximum Gasteiger partial charge on any atom is 0.339 e. The number of carbonyl (C=O) groups is 1. The Kier molecular flexibility index (Phi) is 2.14. The van der Waals surface area contributed by atoms with E-state index in [9.17, 15) is 4.79 Å². The smallest absolute Gasteiger partial charge is 0.339 e. The molecule has 2 rings (SSSR count). The summed E-state index contributed by atoms with van der Waals surface area (Å²) in [6, 6.07) is 7.23. The first-order chi connectivity index (χ1) is 7.27. The molecule has 1 aromatic heterocycles. The lowest BCUT2D eigenvalue weighted by atomic mass is 10.1. The minimum Gasteiger partial charge on any atom is -0.465 e. The Bertz CT molecular complexity index is 563. The summed E-state index contributed by atoms with van der Waals surface area (Å²) < 4.78 is 4.60. The summed E-state index contributed by atoms with van der Waals surface area (Å²) in [7, 11) is 1.29. The first-order valence-corrected chi connectivity index (χ1v) is 4.36. The van der Waals surface area contributed by atoms with Crippen LogP contribution in [0.4, 0.5) is 0 Å². The molecule has 0 radical (unpaired) electrons. The summed E-state index contributed by atoms with van der Waals surface area (Å²) in [6.45, 7) is 0. The van der Waals surface area contributed by atoms with Crippen LogP contribution in [0.2, 0.25) is 0 Å². The Labute approximate surface area is 86.1 Å². The third-order valence-corrected chi connectivity index (χ3v) is 2.25. The second-order valence-electron chi connectivity index (χ2n) is 3.03. The number of H-pyrrole nitrogens is 1. The highest BCUT2D eigenvalue weighted by atomic mass is 16.5. The van der Waals surface area contributed by atoms with E-state index in [0.29, 0.717) is 11.1 Å². The quantitative estimate of drug-likeness (QED) is 0.714. The summed E-state index contributed by atoms with van der Waals surface area (Å²) in [5, 5.41) is 9.90. The van der Waals surface area contributed by atoms with Crippen LogP contribution in [0.5, 0.6) is 0 Å². The van der Waals surface area contributed by atoms with Gasteiger partial charge in [0, 0.05) is 11.6 Å². The number of carbonyl (C=O) groups excluding carboxylic acids is 1. The Hall–Kier alpha value is -2.28. The maximum absolute atomic E-state index is 11.4. The van der Waals surface area contributed by atoms with Crippen LogP contribution in [0.25, 0.3) is 10.9 Å². The highest BCUT2D eigenvalue weighted by Crippen LogP contribution is 2.20. The number of methoxy groups -OCH3 is 1. The second-order valence-corrected chi connectivity index (χ2v) is 3.03. The standard InChI is InChI=1S/C11H8N2O2/c1-15-11(14)8-3-2-7-4-5-13-10(7)9(8)6-12/h2-5,13H,1H3. The van der Waals surface area contributed by atoms with Gasteiger partial charge in [-0.25, -0.2) is 4.79 Å². The highest BCUT2D eigenvalue weighted by molar-refractivity contribution is 5.99. The molecule has 1 aromatic carbocycles. The molecule has 0 atom stereocenters. The van der Waals surface area contributed by atoms with Crippen LogP contribution in [0.1, 0.15) is 15.9 Å². The summed E-state index contributed by atoms with van der Waals surface area (Å²) in [5.74, 6) is -0.497. The Balaban J connectivity index is 2.76. The predicted octanol–water partition coefficient (Wildman–Crippen LogP) is 1.83. The van der Waals surface area contributed by atoms with Crippen molar-refractivity contribution in [2.75, 3.05) is 7.11 Å². The molecule has 0 spiro atoms. The molecular weight excluding hydrogens is 192 g/mol. The fraction of sp³-hybridized carbons (Fsp3) is 0.0909. The second kappa shape index (κ2) is 3.46. The van der Waals surface area contributed by atoms with E-state index in [1.54, 1.807) is 18.3 Å². The van der Waals surface area contributed by atoms with E-state index >= 15 is 0 Å². The molecule has 4 nitrogen and oxygen atoms in total. The highest BCUT2D eigenvalue weighted by Gasteiger charge is 2.14. The van der Waals surface area contributed by atoms with Gasteiger partial charge in [0.05, 0.1) is 23.8 Å². The summed E-state index contributed by atoms with van der Waals surface area (Å²) in [6.07, 6.45) is 1.73. The fourth-order valence-electron chi connectivity index (χ4n) is 1.52. The van der Waals surface area contributed by atoms with Gasteiger partial charge >= 0.3 is 5.97 Å². The lowest BCUT2D eigenvalue weighted by molar-refractivity contribution is 0.0600. The summed E-state index contributed by atoms with van der Waals surface area (Å²) in [5.41, 5.74) is 1.28. The number of nitrogens with zero attached hydrogens (tertiary/aromatic N) is 1. The first kappa shape index (κ1) is 9.28. The third kappa shape index (κ3) is 1.34. The predicted molar refractivity (Wildman–Crippen MR) is 54.4 cm³/mol. The number of fused-ring (bicyclic) bond motifs is 1. The van der Waals surface area contributed by atoms with Crippen LogP contribution in [0.15, 0.2) is 24.4 Å². The number of benzene rings is 1. The van der Waals surface area contributed by atoms with E-state index in [4.69, 9.17) is 5.26 Å². The van der Waals surface area contributed by atoms with Crippen molar-refractivity contribution in [2.24, 2.45) is 0 Å². The minimum absolute atomic E-state index is 0.287. The molecule has 0 amide bonds. The lowest BCUT2D eigenvalue weighted by Crippen LogP contribution is -2.04. The average molecular weight is 200 g/mol. The van der Waals surface area contributed by atoms with Crippen LogP contribution < -0.4 is 0 Å². The molecule has 1 N–H and O–H groups in total. The molecule has 0 unspecified atom stereocenters. The van der Waals surface area contributed by atoms with Gasteiger partial charge in [-0.05, 0) is 12.1 Å². The van der Waals surface area contributed by atoms with Crippen LogP contribution in [-0.4, -0.2) is 18.1 Å². The van der Waals surface area contributed by atoms with E-state index < -0.39 is 5.97 Å². The van der Waals surface area contributed by atoms with Crippen molar-refractivity contribution in [2.45, 2.75) is 0 Å². The molecule has 0 aliphatic heterocycles. The first-order valence-electron chi connectivity index (χ1n) is 4.36. The van der Waals surface area contributed by atoms with Gasteiger partial charge in [-0.3, -0.25) is 0 Å². The van der Waals surface area contributed by atoms with Crippen molar-refractivity contribution >= 4 is 16.9 Å². The zero-order valence-electron chi connectivity index (χ0n) is 8.07. The molecule has 0 aliphatic rings. The number of nitrogens with one attached hydrogen (secondary N) is 1. The minimum atomic E-state index is -0.497. The molecule has 0 aliphatic carbocycles. The maximum atomic E-state index is 11.4. The number of esters is 1. The normalized spacial score (nSPS) is 9.87. The lowest BCUT2D eigenvalue weighted by Gasteiger charge is -2.02. The van der Waals surface area contributed by atoms with Crippen molar-refractivity contribution < 1.29 is 9.53 Å². The van der Waals surface area contributed by atoms with Crippen LogP contribution >= 0.6 is 0 Å². The van der Waals surface area contributed by atoms with Crippen molar-refractivity contribution in [1.82, 2.24) is 4.98 Å². The number of hydrogen-bond acceptors (Lipinski definition) is 3. The van der Waals surface area contributed by atoms with E-state index in [2.05, 4.69) is 9.72 Å². The molecule has 74 valence electrons. The zero-order chi connectivity index (χ0) is 10.8. The Morgan fingerprint density at radius 2 is 2.27 bits per heavy atom. The van der Waals surface area contributed by atoms with Gasteiger partial charge in [0.25, 0.3) is 0 Å². The summed E-state index contributed by atoms with van der Waals surface area (Å²) >= 11 is 0. The number of hydrogen-bond donors (Lipinski definition) is 1. The molecule has 0 saturated carbocycles. The topological polar surface area (TPSA) is 65.9 Å². The Morgan fingerprint density at radius 1 is 1.47 bits per heavy atom. The van der Waals surface area contributed by atoms with Gasteiger partial charge in [0.2, 0.25) is 0 Å². The number of rotatable bonds is 1. The molecular formula is C11H8N2O2. The monoisotopic (exact) mass is 200 g/mol. The molecule has 0 bridgehead atoms. The molecule has 1 heterocycles. The van der Waals surface area contributed by atoms with Crippen molar-refractivity contribution in [3.8, 4) is 6.07 Å². The number of nitriles is 1. The van der Waals surface area contributed by atoms with Crippen molar-refractivity contribution in [1.29, 1.82) is 5.26 Å². The number of aromatic amines is 1. The number of aromatic nitrogens is 1.